The molecule has 13 heavy (non-hydrogen) atoms. The van der Waals surface area contributed by atoms with Crippen molar-refractivity contribution >= 4 is 34.8 Å². The van der Waals surface area contributed by atoms with Crippen molar-refractivity contribution < 1.29 is 4.79 Å². The summed E-state index contributed by atoms with van der Waals surface area (Å²) in [6.45, 7) is 1.47. The first-order valence-electron chi connectivity index (χ1n) is 3.72. The second kappa shape index (κ2) is 3.99. The molecule has 1 amide bonds. The molecule has 4 heteroatoms. The van der Waals surface area contributed by atoms with Crippen LogP contribution in [0.1, 0.15) is 6.92 Å². The zero-order valence-electron chi connectivity index (χ0n) is 7.34. The van der Waals surface area contributed by atoms with Crippen LogP contribution in [0.3, 0.4) is 0 Å². The molecular formula is C9H9Cl2NO. The van der Waals surface area contributed by atoms with E-state index < -0.39 is 0 Å². The third-order valence-corrected chi connectivity index (χ3v) is 2.57. The summed E-state index contributed by atoms with van der Waals surface area (Å²) in [6.07, 6.45) is 0. The van der Waals surface area contributed by atoms with Gasteiger partial charge in [-0.2, -0.15) is 0 Å². The number of carbonyl (C=O) groups is 1. The quantitative estimate of drug-likeness (QED) is 0.709. The van der Waals surface area contributed by atoms with Gasteiger partial charge >= 0.3 is 0 Å². The van der Waals surface area contributed by atoms with Crippen molar-refractivity contribution in [2.45, 2.75) is 6.92 Å². The Balaban J connectivity index is 3.15. The molecule has 0 aliphatic rings. The molecular weight excluding hydrogens is 209 g/mol. The van der Waals surface area contributed by atoms with Crippen LogP contribution in [-0.2, 0) is 4.79 Å². The van der Waals surface area contributed by atoms with Gasteiger partial charge in [-0.05, 0) is 12.1 Å². The number of amides is 1. The van der Waals surface area contributed by atoms with E-state index in [0.29, 0.717) is 15.7 Å². The van der Waals surface area contributed by atoms with Crippen LogP contribution < -0.4 is 4.90 Å². The van der Waals surface area contributed by atoms with Gasteiger partial charge in [-0.1, -0.05) is 29.3 Å². The second-order valence-corrected chi connectivity index (χ2v) is 3.44. The van der Waals surface area contributed by atoms with Crippen LogP contribution in [0.25, 0.3) is 0 Å². The van der Waals surface area contributed by atoms with Gasteiger partial charge in [0.05, 0.1) is 15.7 Å². The van der Waals surface area contributed by atoms with Crippen LogP contribution in [0, 0.1) is 0 Å². The summed E-state index contributed by atoms with van der Waals surface area (Å²) in [7, 11) is 1.65. The van der Waals surface area contributed by atoms with Crippen molar-refractivity contribution in [1.82, 2.24) is 0 Å². The molecule has 1 aromatic carbocycles. The average molecular weight is 218 g/mol. The van der Waals surface area contributed by atoms with E-state index in [4.69, 9.17) is 23.2 Å². The minimum atomic E-state index is -0.0795. The fourth-order valence-corrected chi connectivity index (χ4v) is 1.34. The van der Waals surface area contributed by atoms with Crippen LogP contribution in [0.5, 0.6) is 0 Å². The zero-order valence-corrected chi connectivity index (χ0v) is 8.86. The Morgan fingerprint density at radius 1 is 1.38 bits per heavy atom. The summed E-state index contributed by atoms with van der Waals surface area (Å²) in [6, 6.07) is 5.18. The van der Waals surface area contributed by atoms with Gasteiger partial charge in [-0.3, -0.25) is 4.79 Å². The smallest absolute Gasteiger partial charge is 0.223 e. The third-order valence-electron chi connectivity index (χ3n) is 1.76. The summed E-state index contributed by atoms with van der Waals surface area (Å²) in [4.78, 5) is 12.5. The van der Waals surface area contributed by atoms with Gasteiger partial charge in [0.1, 0.15) is 0 Å². The van der Waals surface area contributed by atoms with E-state index in [0.717, 1.165) is 0 Å². The normalized spacial score (nSPS) is 9.85. The average Bonchev–Trinajstić information content (AvgIpc) is 2.08. The molecule has 0 N–H and O–H groups in total. The van der Waals surface area contributed by atoms with E-state index >= 15 is 0 Å². The molecule has 70 valence electrons. The lowest BCUT2D eigenvalue weighted by atomic mass is 10.3. The Hall–Kier alpha value is -0.730. The number of nitrogens with zero attached hydrogens (tertiary/aromatic N) is 1. The van der Waals surface area contributed by atoms with Gasteiger partial charge in [0.2, 0.25) is 5.91 Å². The zero-order chi connectivity index (χ0) is 10.0. The van der Waals surface area contributed by atoms with Crippen molar-refractivity contribution in [3.8, 4) is 0 Å². The monoisotopic (exact) mass is 217 g/mol. The molecule has 2 nitrogen and oxygen atoms in total. The Bertz CT molecular complexity index is 338. The van der Waals surface area contributed by atoms with Gasteiger partial charge in [-0.25, -0.2) is 0 Å². The van der Waals surface area contributed by atoms with Gasteiger partial charge in [0.25, 0.3) is 0 Å². The van der Waals surface area contributed by atoms with Crippen molar-refractivity contribution in [1.29, 1.82) is 0 Å². The van der Waals surface area contributed by atoms with E-state index in [-0.39, 0.29) is 5.91 Å². The van der Waals surface area contributed by atoms with E-state index in [1.165, 1.54) is 11.8 Å². The summed E-state index contributed by atoms with van der Waals surface area (Å²) in [5.74, 6) is -0.0795. The first-order chi connectivity index (χ1) is 6.04. The highest BCUT2D eigenvalue weighted by Gasteiger charge is 2.11. The summed E-state index contributed by atoms with van der Waals surface area (Å²) >= 11 is 11.7. The molecule has 0 atom stereocenters. The summed E-state index contributed by atoms with van der Waals surface area (Å²) < 4.78 is 0. The van der Waals surface area contributed by atoms with Crippen molar-refractivity contribution in [3.05, 3.63) is 28.2 Å². The molecule has 0 unspecified atom stereocenters. The number of benzene rings is 1. The molecule has 0 aliphatic carbocycles. The number of rotatable bonds is 1. The summed E-state index contributed by atoms with van der Waals surface area (Å²) in [5.41, 5.74) is 0.627. The Morgan fingerprint density at radius 3 is 2.54 bits per heavy atom. The van der Waals surface area contributed by atoms with Crippen molar-refractivity contribution in [2.24, 2.45) is 0 Å². The van der Waals surface area contributed by atoms with Gasteiger partial charge < -0.3 is 4.90 Å². The van der Waals surface area contributed by atoms with E-state index in [1.807, 2.05) is 0 Å². The first-order valence-corrected chi connectivity index (χ1v) is 4.48. The number of anilines is 1. The molecule has 0 heterocycles. The molecule has 0 saturated heterocycles. The molecule has 0 radical (unpaired) electrons. The van der Waals surface area contributed by atoms with Crippen molar-refractivity contribution in [2.75, 3.05) is 11.9 Å². The molecule has 0 saturated carbocycles. The second-order valence-electron chi connectivity index (χ2n) is 2.65. The summed E-state index contributed by atoms with van der Waals surface area (Å²) in [5, 5.41) is 0.856. The number of carbonyl (C=O) groups excluding carboxylic acids is 1. The lowest BCUT2D eigenvalue weighted by molar-refractivity contribution is -0.116. The molecule has 1 rings (SSSR count). The minimum absolute atomic E-state index is 0.0795. The van der Waals surface area contributed by atoms with Crippen LogP contribution in [0.4, 0.5) is 5.69 Å². The highest BCUT2D eigenvalue weighted by atomic mass is 35.5. The number of halogens is 2. The first kappa shape index (κ1) is 10.4. The maximum atomic E-state index is 11.0. The molecule has 0 aromatic heterocycles. The maximum Gasteiger partial charge on any atom is 0.223 e. The van der Waals surface area contributed by atoms with Gasteiger partial charge in [-0.15, -0.1) is 0 Å². The van der Waals surface area contributed by atoms with E-state index in [1.54, 1.807) is 25.2 Å². The van der Waals surface area contributed by atoms with Crippen LogP contribution in [0.2, 0.25) is 10.0 Å². The van der Waals surface area contributed by atoms with Crippen molar-refractivity contribution in [3.63, 3.8) is 0 Å². The predicted molar refractivity (Wildman–Crippen MR) is 55.5 cm³/mol. The molecule has 1 aromatic rings. The Labute approximate surface area is 87.1 Å². The molecule has 0 spiro atoms. The van der Waals surface area contributed by atoms with Crippen LogP contribution in [0.15, 0.2) is 18.2 Å². The highest BCUT2D eigenvalue weighted by molar-refractivity contribution is 6.44. The van der Waals surface area contributed by atoms with Crippen LogP contribution >= 0.6 is 23.2 Å². The third kappa shape index (κ3) is 2.14. The highest BCUT2D eigenvalue weighted by Crippen LogP contribution is 2.31. The van der Waals surface area contributed by atoms with Gasteiger partial charge in [0.15, 0.2) is 0 Å². The van der Waals surface area contributed by atoms with E-state index in [2.05, 4.69) is 0 Å². The Morgan fingerprint density at radius 2 is 2.00 bits per heavy atom. The standard InChI is InChI=1S/C9H9Cl2NO/c1-6(13)12(2)8-5-3-4-7(10)9(8)11/h3-5H,1-2H3. The maximum absolute atomic E-state index is 11.0. The fourth-order valence-electron chi connectivity index (χ4n) is 0.921. The molecule has 0 aliphatic heterocycles. The predicted octanol–water partition coefficient (Wildman–Crippen LogP) is 2.98. The topological polar surface area (TPSA) is 20.3 Å². The lowest BCUT2D eigenvalue weighted by Crippen LogP contribution is -2.23. The SMILES string of the molecule is CC(=O)N(C)c1cccc(Cl)c1Cl. The minimum Gasteiger partial charge on any atom is -0.314 e. The number of hydrogen-bond acceptors (Lipinski definition) is 1. The number of hydrogen-bond donors (Lipinski definition) is 0. The van der Waals surface area contributed by atoms with Gasteiger partial charge in [0, 0.05) is 14.0 Å². The largest absolute Gasteiger partial charge is 0.314 e. The molecule has 0 fully saturated rings. The molecule has 0 bridgehead atoms. The Kier molecular flexibility index (Phi) is 3.17. The van der Waals surface area contributed by atoms with E-state index in [9.17, 15) is 4.79 Å². The lowest BCUT2D eigenvalue weighted by Gasteiger charge is -2.16. The fraction of sp³-hybridized carbons (Fsp3) is 0.222. The van der Waals surface area contributed by atoms with Crippen LogP contribution in [-0.4, -0.2) is 13.0 Å².